The second-order valence-corrected chi connectivity index (χ2v) is 9.27. The number of anilines is 1. The highest BCUT2D eigenvalue weighted by atomic mass is 79.9. The fraction of sp³-hybridized carbons (Fsp3) is 0.304. The number of carbonyl (C=O) groups is 1. The zero-order valence-corrected chi connectivity index (χ0v) is 19.7. The van der Waals surface area contributed by atoms with E-state index in [2.05, 4.69) is 33.0 Å². The number of phenols is 1. The van der Waals surface area contributed by atoms with E-state index in [-0.39, 0.29) is 24.0 Å². The molecule has 2 aromatic carbocycles. The molecule has 4 rings (SSSR count). The number of hydrogen-bond acceptors (Lipinski definition) is 6. The van der Waals surface area contributed by atoms with E-state index in [1.54, 1.807) is 17.0 Å². The molecule has 8 heteroatoms. The molecule has 0 aromatic heterocycles. The van der Waals surface area contributed by atoms with Crippen LogP contribution >= 0.6 is 27.7 Å². The van der Waals surface area contributed by atoms with Crippen LogP contribution in [0.2, 0.25) is 0 Å². The van der Waals surface area contributed by atoms with E-state index in [1.165, 1.54) is 11.8 Å². The molecular formula is C23H22BrN3O3S. The summed E-state index contributed by atoms with van der Waals surface area (Å²) in [5, 5.41) is 21.0. The minimum Gasteiger partial charge on any atom is -0.503 e. The van der Waals surface area contributed by atoms with Gasteiger partial charge in [-0.3, -0.25) is 9.69 Å². The fourth-order valence-electron chi connectivity index (χ4n) is 3.90. The van der Waals surface area contributed by atoms with Crippen molar-refractivity contribution in [3.63, 3.8) is 0 Å². The van der Waals surface area contributed by atoms with Gasteiger partial charge in [-0.25, -0.2) is 0 Å². The average molecular weight is 500 g/mol. The standard InChI is InChI=1S/C23H22BrN3O3S/c1-3-30-20-9-15(8-19(24)22(20)29)17-10-21(28)27-12-26(13-31-23(27)18(17)11-25)16-6-4-5-14(2)7-16/h4-9,17,29H,3,10,12-13H2,1-2H3. The first-order valence-corrected chi connectivity index (χ1v) is 11.7. The molecule has 1 N–H and O–H groups in total. The molecule has 1 amide bonds. The molecule has 2 aromatic rings. The molecule has 1 unspecified atom stereocenters. The second-order valence-electron chi connectivity index (χ2n) is 7.49. The van der Waals surface area contributed by atoms with Crippen LogP contribution in [0.4, 0.5) is 5.69 Å². The largest absolute Gasteiger partial charge is 0.503 e. The summed E-state index contributed by atoms with van der Waals surface area (Å²) in [6, 6.07) is 14.0. The summed E-state index contributed by atoms with van der Waals surface area (Å²) < 4.78 is 6.02. The number of ether oxygens (including phenoxy) is 1. The molecule has 0 spiro atoms. The van der Waals surface area contributed by atoms with Gasteiger partial charge in [-0.15, -0.1) is 0 Å². The van der Waals surface area contributed by atoms with E-state index >= 15 is 0 Å². The van der Waals surface area contributed by atoms with Crippen LogP contribution in [0, 0.1) is 18.3 Å². The van der Waals surface area contributed by atoms with Gasteiger partial charge in [0.25, 0.3) is 0 Å². The number of halogens is 1. The van der Waals surface area contributed by atoms with Crippen molar-refractivity contribution in [2.24, 2.45) is 0 Å². The molecule has 2 heterocycles. The lowest BCUT2D eigenvalue weighted by atomic mass is 9.86. The van der Waals surface area contributed by atoms with Gasteiger partial charge < -0.3 is 14.7 Å². The topological polar surface area (TPSA) is 76.8 Å². The van der Waals surface area contributed by atoms with Crippen LogP contribution in [0.5, 0.6) is 11.5 Å². The van der Waals surface area contributed by atoms with Crippen molar-refractivity contribution in [1.29, 1.82) is 5.26 Å². The number of nitrogens with zero attached hydrogens (tertiary/aromatic N) is 3. The maximum Gasteiger partial charge on any atom is 0.229 e. The number of amides is 1. The van der Waals surface area contributed by atoms with Crippen molar-refractivity contribution in [1.82, 2.24) is 4.90 Å². The minimum atomic E-state index is -0.377. The zero-order chi connectivity index (χ0) is 22.1. The second kappa shape index (κ2) is 8.85. The Morgan fingerprint density at radius 2 is 2.16 bits per heavy atom. The van der Waals surface area contributed by atoms with Gasteiger partial charge in [-0.05, 0) is 65.2 Å². The van der Waals surface area contributed by atoms with Crippen LogP contribution in [0.3, 0.4) is 0 Å². The maximum absolute atomic E-state index is 13.1. The van der Waals surface area contributed by atoms with Crippen molar-refractivity contribution in [2.75, 3.05) is 24.1 Å². The van der Waals surface area contributed by atoms with Crippen molar-refractivity contribution < 1.29 is 14.6 Å². The summed E-state index contributed by atoms with van der Waals surface area (Å²) in [4.78, 5) is 17.0. The first kappa shape index (κ1) is 21.6. The Bertz CT molecular complexity index is 1110. The summed E-state index contributed by atoms with van der Waals surface area (Å²) in [5.74, 6) is 0.612. The monoisotopic (exact) mass is 499 g/mol. The summed E-state index contributed by atoms with van der Waals surface area (Å²) in [6.07, 6.45) is 0.192. The van der Waals surface area contributed by atoms with Gasteiger partial charge >= 0.3 is 0 Å². The Hall–Kier alpha value is -2.63. The smallest absolute Gasteiger partial charge is 0.229 e. The summed E-state index contributed by atoms with van der Waals surface area (Å²) >= 11 is 4.87. The van der Waals surface area contributed by atoms with Crippen LogP contribution in [0.1, 0.15) is 30.4 Å². The molecule has 1 saturated heterocycles. The van der Waals surface area contributed by atoms with Gasteiger partial charge in [0, 0.05) is 18.0 Å². The summed E-state index contributed by atoms with van der Waals surface area (Å²) in [6.45, 7) is 4.70. The predicted octanol–water partition coefficient (Wildman–Crippen LogP) is 5.08. The van der Waals surface area contributed by atoms with Crippen molar-refractivity contribution in [2.45, 2.75) is 26.2 Å². The van der Waals surface area contributed by atoms with Gasteiger partial charge in [0.05, 0.1) is 40.3 Å². The normalized spacial score (nSPS) is 18.6. The summed E-state index contributed by atoms with van der Waals surface area (Å²) in [7, 11) is 0. The van der Waals surface area contributed by atoms with E-state index in [9.17, 15) is 15.2 Å². The van der Waals surface area contributed by atoms with Crippen molar-refractivity contribution in [3.8, 4) is 17.6 Å². The molecular weight excluding hydrogens is 478 g/mol. The Labute approximate surface area is 194 Å². The summed E-state index contributed by atoms with van der Waals surface area (Å²) in [5.41, 5.74) is 3.57. The van der Waals surface area contributed by atoms with Crippen LogP contribution in [-0.2, 0) is 4.79 Å². The Balaban J connectivity index is 1.69. The van der Waals surface area contributed by atoms with Crippen LogP contribution in [-0.4, -0.2) is 35.1 Å². The lowest BCUT2D eigenvalue weighted by Gasteiger charge is -2.42. The van der Waals surface area contributed by atoms with E-state index in [0.29, 0.717) is 34.9 Å². The lowest BCUT2D eigenvalue weighted by Crippen LogP contribution is -2.47. The van der Waals surface area contributed by atoms with E-state index in [4.69, 9.17) is 4.74 Å². The number of hydrogen-bond donors (Lipinski definition) is 1. The molecule has 1 fully saturated rings. The van der Waals surface area contributed by atoms with Gasteiger partial charge in [-0.2, -0.15) is 5.26 Å². The number of phenolic OH excluding ortho intramolecular Hbond substituents is 1. The first-order chi connectivity index (χ1) is 14.9. The Kier molecular flexibility index (Phi) is 6.17. The quantitative estimate of drug-likeness (QED) is 0.631. The number of allylic oxidation sites excluding steroid dienone is 1. The third-order valence-electron chi connectivity index (χ3n) is 5.41. The van der Waals surface area contributed by atoms with E-state index < -0.39 is 0 Å². The number of aromatic hydroxyl groups is 1. The highest BCUT2D eigenvalue weighted by molar-refractivity contribution is 9.10. The molecule has 0 bridgehead atoms. The number of fused-ring (bicyclic) bond motifs is 1. The highest BCUT2D eigenvalue weighted by Gasteiger charge is 2.38. The van der Waals surface area contributed by atoms with E-state index in [0.717, 1.165) is 21.8 Å². The molecule has 0 aliphatic carbocycles. The molecule has 2 aliphatic rings. The van der Waals surface area contributed by atoms with Gasteiger partial charge in [0.15, 0.2) is 11.5 Å². The van der Waals surface area contributed by atoms with Gasteiger partial charge in [-0.1, -0.05) is 23.9 Å². The molecule has 0 radical (unpaired) electrons. The van der Waals surface area contributed by atoms with Crippen LogP contribution < -0.4 is 9.64 Å². The van der Waals surface area contributed by atoms with Crippen molar-refractivity contribution in [3.05, 3.63) is 62.6 Å². The number of rotatable bonds is 4. The highest BCUT2D eigenvalue weighted by Crippen LogP contribution is 2.46. The van der Waals surface area contributed by atoms with Crippen LogP contribution in [0.15, 0.2) is 51.5 Å². The SMILES string of the molecule is CCOc1cc(C2CC(=O)N3CN(c4cccc(C)c4)CSC3=C2C#N)cc(Br)c1O. The molecule has 1 atom stereocenters. The van der Waals surface area contributed by atoms with Gasteiger partial charge in [0.2, 0.25) is 5.91 Å². The van der Waals surface area contributed by atoms with Gasteiger partial charge in [0.1, 0.15) is 0 Å². The molecule has 6 nitrogen and oxygen atoms in total. The predicted molar refractivity (Wildman–Crippen MR) is 125 cm³/mol. The zero-order valence-electron chi connectivity index (χ0n) is 17.3. The third-order valence-corrected chi connectivity index (χ3v) is 7.17. The van der Waals surface area contributed by atoms with Crippen LogP contribution in [0.25, 0.3) is 0 Å². The lowest BCUT2D eigenvalue weighted by molar-refractivity contribution is -0.129. The molecule has 160 valence electrons. The third kappa shape index (κ3) is 4.12. The number of nitriles is 1. The first-order valence-electron chi connectivity index (χ1n) is 9.97. The maximum atomic E-state index is 13.1. The number of thioether (sulfide) groups is 1. The van der Waals surface area contributed by atoms with Crippen molar-refractivity contribution >= 4 is 39.3 Å². The molecule has 2 aliphatic heterocycles. The fourth-order valence-corrected chi connectivity index (χ4v) is 5.52. The number of benzene rings is 2. The minimum absolute atomic E-state index is 0.0151. The van der Waals surface area contributed by atoms with E-state index in [1.807, 2.05) is 32.0 Å². The Morgan fingerprint density at radius 1 is 1.35 bits per heavy atom. The Morgan fingerprint density at radius 3 is 2.87 bits per heavy atom. The number of aryl methyl sites for hydroxylation is 1. The molecule has 0 saturated carbocycles. The number of carbonyl (C=O) groups excluding carboxylic acids is 1. The molecule has 31 heavy (non-hydrogen) atoms. The average Bonchev–Trinajstić information content (AvgIpc) is 2.76.